The van der Waals surface area contributed by atoms with E-state index in [-0.39, 0.29) is 11.4 Å². The monoisotopic (exact) mass is 322 g/mol. The van der Waals surface area contributed by atoms with Crippen molar-refractivity contribution >= 4 is 5.97 Å². The van der Waals surface area contributed by atoms with Gasteiger partial charge in [-0.1, -0.05) is 83.0 Å². The Kier molecular flexibility index (Phi) is 4.25. The Morgan fingerprint density at radius 1 is 1.00 bits per heavy atom. The molecule has 0 fully saturated rings. The third-order valence-corrected chi connectivity index (χ3v) is 5.05. The molecule has 2 aromatic rings. The van der Waals surface area contributed by atoms with Crippen LogP contribution < -0.4 is 4.74 Å². The molecule has 2 heteroatoms. The zero-order chi connectivity index (χ0) is 17.4. The quantitative estimate of drug-likeness (QED) is 0.558. The van der Waals surface area contributed by atoms with Gasteiger partial charge in [0.2, 0.25) is 0 Å². The summed E-state index contributed by atoms with van der Waals surface area (Å²) >= 11 is 0. The molecule has 0 aromatic heterocycles. The van der Waals surface area contributed by atoms with E-state index in [2.05, 4.69) is 52.0 Å². The second-order valence-electron chi connectivity index (χ2n) is 7.72. The van der Waals surface area contributed by atoms with Gasteiger partial charge in [0.15, 0.2) is 0 Å². The fourth-order valence-electron chi connectivity index (χ4n) is 3.56. The van der Waals surface area contributed by atoms with Crippen molar-refractivity contribution in [3.05, 3.63) is 65.2 Å². The van der Waals surface area contributed by atoms with Gasteiger partial charge in [0.25, 0.3) is 0 Å². The fourth-order valence-corrected chi connectivity index (χ4v) is 3.56. The molecule has 0 radical (unpaired) electrons. The molecule has 2 aromatic carbocycles. The number of carbonyl (C=O) groups is 1. The first-order valence-electron chi connectivity index (χ1n) is 8.82. The minimum absolute atomic E-state index is 0.100. The number of ether oxygens (including phenoxy) is 1. The van der Waals surface area contributed by atoms with Crippen LogP contribution in [-0.4, -0.2) is 5.97 Å². The average Bonchev–Trinajstić information content (AvgIpc) is 2.85. The van der Waals surface area contributed by atoms with Gasteiger partial charge >= 0.3 is 5.97 Å². The number of para-hydroxylation sites is 1. The minimum atomic E-state index is -0.664. The number of benzene rings is 2. The normalized spacial score (nSPS) is 19.9. The molecule has 126 valence electrons. The molecule has 0 aliphatic carbocycles. The Labute approximate surface area is 144 Å². The molecule has 0 amide bonds. The summed E-state index contributed by atoms with van der Waals surface area (Å²) in [7, 11) is 0. The predicted octanol–water partition coefficient (Wildman–Crippen LogP) is 5.38. The summed E-state index contributed by atoms with van der Waals surface area (Å²) in [6.07, 6.45) is 2.83. The van der Waals surface area contributed by atoms with Gasteiger partial charge in [0.1, 0.15) is 11.2 Å². The molecule has 1 aliphatic rings. The molecule has 1 heterocycles. The second kappa shape index (κ2) is 6.08. The number of fused-ring (bicyclic) bond motifs is 1. The van der Waals surface area contributed by atoms with Crippen LogP contribution in [0.1, 0.15) is 63.6 Å². The minimum Gasteiger partial charge on any atom is -0.425 e. The lowest BCUT2D eigenvalue weighted by atomic mass is 9.71. The van der Waals surface area contributed by atoms with Crippen molar-refractivity contribution in [1.29, 1.82) is 0 Å². The maximum Gasteiger partial charge on any atom is 0.326 e. The van der Waals surface area contributed by atoms with Gasteiger partial charge in [-0.2, -0.15) is 0 Å². The zero-order valence-corrected chi connectivity index (χ0v) is 15.1. The van der Waals surface area contributed by atoms with E-state index in [9.17, 15) is 4.79 Å². The van der Waals surface area contributed by atoms with E-state index in [1.165, 1.54) is 5.56 Å². The first-order valence-corrected chi connectivity index (χ1v) is 8.82. The van der Waals surface area contributed by atoms with Crippen LogP contribution in [0.5, 0.6) is 5.75 Å². The largest absolute Gasteiger partial charge is 0.425 e. The van der Waals surface area contributed by atoms with Gasteiger partial charge in [-0.25, -0.2) is 0 Å². The molecular weight excluding hydrogens is 296 g/mol. The van der Waals surface area contributed by atoms with Crippen LogP contribution in [0.15, 0.2) is 48.5 Å². The highest BCUT2D eigenvalue weighted by molar-refractivity contribution is 5.94. The van der Waals surface area contributed by atoms with Gasteiger partial charge in [-0.3, -0.25) is 4.79 Å². The van der Waals surface area contributed by atoms with Crippen molar-refractivity contribution < 1.29 is 9.53 Å². The van der Waals surface area contributed by atoms with Crippen LogP contribution in [0.2, 0.25) is 0 Å². The van der Waals surface area contributed by atoms with Crippen molar-refractivity contribution in [3.8, 4) is 5.75 Å². The second-order valence-corrected chi connectivity index (χ2v) is 7.72. The molecule has 1 aliphatic heterocycles. The van der Waals surface area contributed by atoms with E-state index in [4.69, 9.17) is 4.74 Å². The molecule has 1 atom stereocenters. The lowest BCUT2D eigenvalue weighted by Crippen LogP contribution is -2.35. The standard InChI is InChI=1S/C22H26O2/c1-5-6-15-22(17-13-11-16(12-14-17)21(2,3)4)18-9-7-8-10-19(18)24-20(22)23/h7-14H,5-6,15H2,1-4H3. The summed E-state index contributed by atoms with van der Waals surface area (Å²) in [5.41, 5.74) is 2.76. The van der Waals surface area contributed by atoms with Crippen LogP contribution >= 0.6 is 0 Å². The highest BCUT2D eigenvalue weighted by Crippen LogP contribution is 2.47. The summed E-state index contributed by atoms with van der Waals surface area (Å²) in [6.45, 7) is 8.76. The van der Waals surface area contributed by atoms with Crippen LogP contribution in [0.4, 0.5) is 0 Å². The lowest BCUT2D eigenvalue weighted by Gasteiger charge is -2.28. The maximum atomic E-state index is 12.9. The number of carbonyl (C=O) groups excluding carboxylic acids is 1. The highest BCUT2D eigenvalue weighted by atomic mass is 16.5. The summed E-state index contributed by atoms with van der Waals surface area (Å²) in [6, 6.07) is 16.4. The third-order valence-electron chi connectivity index (χ3n) is 5.05. The highest BCUT2D eigenvalue weighted by Gasteiger charge is 2.49. The van der Waals surface area contributed by atoms with Crippen molar-refractivity contribution in [2.45, 2.75) is 57.8 Å². The van der Waals surface area contributed by atoms with Gasteiger partial charge in [-0.15, -0.1) is 0 Å². The summed E-state index contributed by atoms with van der Waals surface area (Å²) < 4.78 is 5.63. The average molecular weight is 322 g/mol. The van der Waals surface area contributed by atoms with Crippen LogP contribution in [0.25, 0.3) is 0 Å². The van der Waals surface area contributed by atoms with E-state index in [1.54, 1.807) is 0 Å². The first-order chi connectivity index (χ1) is 11.4. The van der Waals surface area contributed by atoms with E-state index >= 15 is 0 Å². The lowest BCUT2D eigenvalue weighted by molar-refractivity contribution is -0.137. The molecule has 0 spiro atoms. The Morgan fingerprint density at radius 2 is 1.67 bits per heavy atom. The zero-order valence-electron chi connectivity index (χ0n) is 15.1. The number of esters is 1. The van der Waals surface area contributed by atoms with E-state index in [0.29, 0.717) is 5.75 Å². The molecular formula is C22H26O2. The molecule has 0 N–H and O–H groups in total. The first kappa shape index (κ1) is 16.8. The van der Waals surface area contributed by atoms with E-state index < -0.39 is 5.41 Å². The number of unbranched alkanes of at least 4 members (excludes halogenated alkanes) is 1. The molecule has 3 rings (SSSR count). The van der Waals surface area contributed by atoms with Crippen LogP contribution in [-0.2, 0) is 15.6 Å². The molecule has 1 unspecified atom stereocenters. The predicted molar refractivity (Wildman–Crippen MR) is 97.5 cm³/mol. The van der Waals surface area contributed by atoms with Gasteiger partial charge in [0, 0.05) is 5.56 Å². The Hall–Kier alpha value is -2.09. The van der Waals surface area contributed by atoms with Gasteiger partial charge in [-0.05, 0) is 29.0 Å². The smallest absolute Gasteiger partial charge is 0.326 e. The Balaban J connectivity index is 2.12. The van der Waals surface area contributed by atoms with Gasteiger partial charge < -0.3 is 4.74 Å². The molecule has 0 saturated heterocycles. The number of rotatable bonds is 4. The number of hydrogen-bond donors (Lipinski definition) is 0. The summed E-state index contributed by atoms with van der Waals surface area (Å²) in [5.74, 6) is 0.569. The van der Waals surface area contributed by atoms with Crippen molar-refractivity contribution in [3.63, 3.8) is 0 Å². The van der Waals surface area contributed by atoms with E-state index in [0.717, 1.165) is 30.4 Å². The van der Waals surface area contributed by atoms with Crippen LogP contribution in [0, 0.1) is 0 Å². The Bertz CT molecular complexity index is 737. The fraction of sp³-hybridized carbons (Fsp3) is 0.409. The van der Waals surface area contributed by atoms with Crippen LogP contribution in [0.3, 0.4) is 0 Å². The van der Waals surface area contributed by atoms with Crippen molar-refractivity contribution in [1.82, 2.24) is 0 Å². The van der Waals surface area contributed by atoms with Crippen molar-refractivity contribution in [2.75, 3.05) is 0 Å². The van der Waals surface area contributed by atoms with E-state index in [1.807, 2.05) is 24.3 Å². The molecule has 0 bridgehead atoms. The molecule has 2 nitrogen and oxygen atoms in total. The SMILES string of the molecule is CCCCC1(c2ccc(C(C)(C)C)cc2)C(=O)Oc2ccccc21. The Morgan fingerprint density at radius 3 is 2.29 bits per heavy atom. The van der Waals surface area contributed by atoms with Crippen molar-refractivity contribution in [2.24, 2.45) is 0 Å². The van der Waals surface area contributed by atoms with Gasteiger partial charge in [0.05, 0.1) is 0 Å². The summed E-state index contributed by atoms with van der Waals surface area (Å²) in [4.78, 5) is 12.9. The molecule has 0 saturated carbocycles. The third kappa shape index (κ3) is 2.64. The number of hydrogen-bond acceptors (Lipinski definition) is 2. The maximum absolute atomic E-state index is 12.9. The molecule has 24 heavy (non-hydrogen) atoms. The topological polar surface area (TPSA) is 26.3 Å². The summed E-state index contributed by atoms with van der Waals surface area (Å²) in [5, 5.41) is 0.